The van der Waals surface area contributed by atoms with Gasteiger partial charge in [-0.3, -0.25) is 4.98 Å². The van der Waals surface area contributed by atoms with Crippen LogP contribution in [0.2, 0.25) is 0 Å². The zero-order valence-corrected chi connectivity index (χ0v) is 11.2. The Morgan fingerprint density at radius 1 is 0.857 bits per heavy atom. The first-order valence-corrected chi connectivity index (χ1v) is 6.75. The normalized spacial score (nSPS) is 13.4. The summed E-state index contributed by atoms with van der Waals surface area (Å²) in [5, 5.41) is 0.906. The molecular weight excluding hydrogens is 269 g/mol. The number of pyridine rings is 1. The number of hydrogen-bond acceptors (Lipinski definition) is 3. The Morgan fingerprint density at radius 3 is 2.62 bits per heavy atom. The maximum atomic E-state index is 13.2. The van der Waals surface area contributed by atoms with Gasteiger partial charge in [0.1, 0.15) is 19.0 Å². The molecule has 0 saturated heterocycles. The molecule has 1 aromatic heterocycles. The van der Waals surface area contributed by atoms with Gasteiger partial charge in [0.05, 0.1) is 5.52 Å². The number of hydrogen-bond donors (Lipinski definition) is 0. The molecule has 3 nitrogen and oxygen atoms in total. The summed E-state index contributed by atoms with van der Waals surface area (Å²) < 4.78 is 24.3. The lowest BCUT2D eigenvalue weighted by Gasteiger charge is -2.18. The van der Waals surface area contributed by atoms with E-state index in [4.69, 9.17) is 9.47 Å². The highest BCUT2D eigenvalue weighted by Crippen LogP contribution is 2.34. The Hall–Kier alpha value is -2.62. The van der Waals surface area contributed by atoms with Crippen LogP contribution in [0.1, 0.15) is 0 Å². The predicted molar refractivity (Wildman–Crippen MR) is 78.1 cm³/mol. The molecule has 0 fully saturated rings. The van der Waals surface area contributed by atoms with Gasteiger partial charge in [-0.05, 0) is 35.9 Å². The number of ether oxygens (including phenoxy) is 2. The van der Waals surface area contributed by atoms with Crippen LogP contribution in [0.15, 0.2) is 48.7 Å². The molecule has 4 rings (SSSR count). The van der Waals surface area contributed by atoms with Crippen LogP contribution < -0.4 is 9.47 Å². The second kappa shape index (κ2) is 4.74. The summed E-state index contributed by atoms with van der Waals surface area (Å²) in [6.45, 7) is 1.14. The fourth-order valence-corrected chi connectivity index (χ4v) is 2.48. The lowest BCUT2D eigenvalue weighted by atomic mass is 10.0. The van der Waals surface area contributed by atoms with Gasteiger partial charge in [-0.15, -0.1) is 0 Å². The minimum atomic E-state index is -0.276. The van der Waals surface area contributed by atoms with Crippen molar-refractivity contribution in [2.75, 3.05) is 13.2 Å². The first kappa shape index (κ1) is 12.1. The van der Waals surface area contributed by atoms with Crippen LogP contribution in [-0.2, 0) is 0 Å². The fraction of sp³-hybridized carbons (Fsp3) is 0.118. The van der Waals surface area contributed by atoms with Crippen molar-refractivity contribution in [3.05, 3.63) is 54.5 Å². The predicted octanol–water partition coefficient (Wildman–Crippen LogP) is 3.81. The molecule has 0 amide bonds. The van der Waals surface area contributed by atoms with E-state index in [2.05, 4.69) is 4.98 Å². The van der Waals surface area contributed by atoms with Crippen LogP contribution in [-0.4, -0.2) is 18.2 Å². The molecule has 0 atom stereocenters. The van der Waals surface area contributed by atoms with E-state index in [0.717, 1.165) is 28.0 Å². The molecule has 0 bridgehead atoms. The summed E-state index contributed by atoms with van der Waals surface area (Å²) >= 11 is 0. The molecule has 1 aliphatic rings. The lowest BCUT2D eigenvalue weighted by molar-refractivity contribution is 0.171. The third kappa shape index (κ3) is 2.18. The summed E-state index contributed by atoms with van der Waals surface area (Å²) in [5.41, 5.74) is 2.61. The molecule has 0 aliphatic carbocycles. The van der Waals surface area contributed by atoms with E-state index >= 15 is 0 Å². The first-order chi connectivity index (χ1) is 10.3. The standard InChI is InChI=1S/C17H12FNO2/c18-14-3-1-12-7-13(10-19-15(12)9-14)11-2-4-16-17(8-11)21-6-5-20-16/h1-4,7-10H,5-6H2. The van der Waals surface area contributed by atoms with Gasteiger partial charge in [0, 0.05) is 23.2 Å². The monoisotopic (exact) mass is 281 g/mol. The molecule has 3 aromatic rings. The van der Waals surface area contributed by atoms with E-state index in [1.807, 2.05) is 24.3 Å². The number of fused-ring (bicyclic) bond motifs is 2. The van der Waals surface area contributed by atoms with Crippen LogP contribution in [0.5, 0.6) is 11.5 Å². The van der Waals surface area contributed by atoms with Crippen molar-refractivity contribution >= 4 is 10.9 Å². The van der Waals surface area contributed by atoms with Crippen molar-refractivity contribution in [3.8, 4) is 22.6 Å². The topological polar surface area (TPSA) is 31.4 Å². The van der Waals surface area contributed by atoms with Gasteiger partial charge in [0.15, 0.2) is 11.5 Å². The van der Waals surface area contributed by atoms with Crippen LogP contribution >= 0.6 is 0 Å². The molecule has 0 N–H and O–H groups in total. The fourth-order valence-electron chi connectivity index (χ4n) is 2.48. The summed E-state index contributed by atoms with van der Waals surface area (Å²) in [6.07, 6.45) is 1.74. The van der Waals surface area contributed by atoms with E-state index in [0.29, 0.717) is 18.7 Å². The molecule has 0 spiro atoms. The third-order valence-corrected chi connectivity index (χ3v) is 3.52. The third-order valence-electron chi connectivity index (χ3n) is 3.52. The molecule has 0 unspecified atom stereocenters. The summed E-state index contributed by atoms with van der Waals surface area (Å²) in [4.78, 5) is 4.32. The zero-order chi connectivity index (χ0) is 14.2. The average molecular weight is 281 g/mol. The quantitative estimate of drug-likeness (QED) is 0.679. The second-order valence-electron chi connectivity index (χ2n) is 4.92. The SMILES string of the molecule is Fc1ccc2cc(-c3ccc4c(c3)OCCO4)cnc2c1. The highest BCUT2D eigenvalue weighted by Gasteiger charge is 2.12. The molecule has 21 heavy (non-hydrogen) atoms. The molecule has 4 heteroatoms. The Balaban J connectivity index is 1.80. The van der Waals surface area contributed by atoms with Crippen molar-refractivity contribution in [1.29, 1.82) is 0 Å². The number of rotatable bonds is 1. The van der Waals surface area contributed by atoms with E-state index in [-0.39, 0.29) is 5.82 Å². The maximum Gasteiger partial charge on any atom is 0.161 e. The molecule has 2 heterocycles. The van der Waals surface area contributed by atoms with E-state index < -0.39 is 0 Å². The smallest absolute Gasteiger partial charge is 0.161 e. The minimum absolute atomic E-state index is 0.276. The summed E-state index contributed by atoms with van der Waals surface area (Å²) in [6, 6.07) is 12.4. The first-order valence-electron chi connectivity index (χ1n) is 6.75. The average Bonchev–Trinajstić information content (AvgIpc) is 2.54. The van der Waals surface area contributed by atoms with Gasteiger partial charge in [-0.1, -0.05) is 6.07 Å². The largest absolute Gasteiger partial charge is 0.486 e. The molecule has 0 radical (unpaired) electrons. The van der Waals surface area contributed by atoms with Gasteiger partial charge >= 0.3 is 0 Å². The van der Waals surface area contributed by atoms with Gasteiger partial charge in [-0.2, -0.15) is 0 Å². The van der Waals surface area contributed by atoms with E-state index in [1.165, 1.54) is 12.1 Å². The Morgan fingerprint density at radius 2 is 1.71 bits per heavy atom. The van der Waals surface area contributed by atoms with Gasteiger partial charge in [-0.25, -0.2) is 4.39 Å². The van der Waals surface area contributed by atoms with Crippen molar-refractivity contribution in [3.63, 3.8) is 0 Å². The number of benzene rings is 2. The number of nitrogens with zero attached hydrogens (tertiary/aromatic N) is 1. The minimum Gasteiger partial charge on any atom is -0.486 e. The van der Waals surface area contributed by atoms with Crippen molar-refractivity contribution < 1.29 is 13.9 Å². The van der Waals surface area contributed by atoms with Gasteiger partial charge < -0.3 is 9.47 Å². The highest BCUT2D eigenvalue weighted by atomic mass is 19.1. The zero-order valence-electron chi connectivity index (χ0n) is 11.2. The molecule has 0 saturated carbocycles. The summed E-state index contributed by atoms with van der Waals surface area (Å²) in [7, 11) is 0. The highest BCUT2D eigenvalue weighted by molar-refractivity contribution is 5.83. The van der Waals surface area contributed by atoms with Gasteiger partial charge in [0.2, 0.25) is 0 Å². The van der Waals surface area contributed by atoms with Crippen molar-refractivity contribution in [1.82, 2.24) is 4.98 Å². The van der Waals surface area contributed by atoms with E-state index in [1.54, 1.807) is 12.3 Å². The van der Waals surface area contributed by atoms with Crippen LogP contribution in [0.4, 0.5) is 4.39 Å². The number of halogens is 1. The second-order valence-corrected chi connectivity index (χ2v) is 4.92. The summed E-state index contributed by atoms with van der Waals surface area (Å²) in [5.74, 6) is 1.24. The maximum absolute atomic E-state index is 13.2. The van der Waals surface area contributed by atoms with Crippen molar-refractivity contribution in [2.45, 2.75) is 0 Å². The molecular formula is C17H12FNO2. The van der Waals surface area contributed by atoms with Crippen LogP contribution in [0.25, 0.3) is 22.0 Å². The molecule has 1 aliphatic heterocycles. The van der Waals surface area contributed by atoms with Crippen molar-refractivity contribution in [2.24, 2.45) is 0 Å². The number of aromatic nitrogens is 1. The van der Waals surface area contributed by atoms with Crippen LogP contribution in [0, 0.1) is 5.82 Å². The molecule has 104 valence electrons. The Bertz CT molecular complexity index is 832. The van der Waals surface area contributed by atoms with Crippen LogP contribution in [0.3, 0.4) is 0 Å². The Labute approximate surface area is 121 Å². The Kier molecular flexibility index (Phi) is 2.74. The lowest BCUT2D eigenvalue weighted by Crippen LogP contribution is -2.15. The van der Waals surface area contributed by atoms with E-state index in [9.17, 15) is 4.39 Å². The molecule has 2 aromatic carbocycles. The van der Waals surface area contributed by atoms with Gasteiger partial charge in [0.25, 0.3) is 0 Å².